The highest BCUT2D eigenvalue weighted by Gasteiger charge is 2.36. The van der Waals surface area contributed by atoms with Crippen LogP contribution in [0.5, 0.6) is 11.5 Å². The third-order valence-corrected chi connectivity index (χ3v) is 5.56. The molecule has 6 nitrogen and oxygen atoms in total. The Hall–Kier alpha value is -2.25. The molecule has 0 saturated carbocycles. The summed E-state index contributed by atoms with van der Waals surface area (Å²) >= 11 is 6.30. The molecule has 8 heteroatoms. The molecule has 0 saturated heterocycles. The number of nitrogens with zero attached hydrogens (tertiary/aromatic N) is 2. The molecule has 1 aliphatic rings. The molecule has 1 atom stereocenters. The van der Waals surface area contributed by atoms with Gasteiger partial charge >= 0.3 is 0 Å². The zero-order valence-corrected chi connectivity index (χ0v) is 16.2. The highest BCUT2D eigenvalue weighted by Crippen LogP contribution is 2.39. The number of hydrogen-bond acceptors (Lipinski definition) is 5. The first-order valence-electron chi connectivity index (χ1n) is 7.89. The van der Waals surface area contributed by atoms with Crippen molar-refractivity contribution in [3.05, 3.63) is 58.6 Å². The number of sulfonamides is 1. The molecule has 0 bridgehead atoms. The van der Waals surface area contributed by atoms with E-state index in [9.17, 15) is 8.42 Å². The lowest BCUT2D eigenvalue weighted by Crippen LogP contribution is -2.26. The molecule has 3 rings (SSSR count). The van der Waals surface area contributed by atoms with Crippen LogP contribution in [0, 0.1) is 0 Å². The third kappa shape index (κ3) is 3.50. The van der Waals surface area contributed by atoms with Crippen molar-refractivity contribution in [3.63, 3.8) is 0 Å². The smallest absolute Gasteiger partial charge is 0.247 e. The van der Waals surface area contributed by atoms with Gasteiger partial charge in [0, 0.05) is 23.1 Å². The van der Waals surface area contributed by atoms with Gasteiger partial charge in [0.1, 0.15) is 11.5 Å². The van der Waals surface area contributed by atoms with E-state index in [1.54, 1.807) is 38.5 Å². The summed E-state index contributed by atoms with van der Waals surface area (Å²) in [6, 6.07) is 12.0. The summed E-state index contributed by atoms with van der Waals surface area (Å²) in [5, 5.41) is 4.88. The summed E-state index contributed by atoms with van der Waals surface area (Å²) in [7, 11) is -0.449. The summed E-state index contributed by atoms with van der Waals surface area (Å²) in [6.07, 6.45) is 1.52. The zero-order valence-electron chi connectivity index (χ0n) is 14.6. The molecule has 0 N–H and O–H groups in total. The molecule has 1 heterocycles. The van der Waals surface area contributed by atoms with Crippen molar-refractivity contribution in [2.45, 2.75) is 12.5 Å². The van der Waals surface area contributed by atoms with Gasteiger partial charge in [0.25, 0.3) is 0 Å². The van der Waals surface area contributed by atoms with Gasteiger partial charge in [0.2, 0.25) is 10.0 Å². The molecule has 1 aliphatic heterocycles. The predicted molar refractivity (Wildman–Crippen MR) is 102 cm³/mol. The molecule has 0 fully saturated rings. The second kappa shape index (κ2) is 7.17. The topological polar surface area (TPSA) is 68.2 Å². The fourth-order valence-electron chi connectivity index (χ4n) is 2.97. The van der Waals surface area contributed by atoms with Crippen LogP contribution in [0.3, 0.4) is 0 Å². The summed E-state index contributed by atoms with van der Waals surface area (Å²) in [5.41, 5.74) is 2.04. The van der Waals surface area contributed by atoms with Crippen molar-refractivity contribution in [3.8, 4) is 11.5 Å². The predicted octanol–water partition coefficient (Wildman–Crippen LogP) is 3.47. The largest absolute Gasteiger partial charge is 0.497 e. The highest BCUT2D eigenvalue weighted by molar-refractivity contribution is 7.88. The van der Waals surface area contributed by atoms with E-state index < -0.39 is 16.1 Å². The summed E-state index contributed by atoms with van der Waals surface area (Å²) < 4.78 is 36.3. The maximum Gasteiger partial charge on any atom is 0.247 e. The molecule has 0 unspecified atom stereocenters. The fourth-order valence-corrected chi connectivity index (χ4v) is 4.13. The number of benzene rings is 2. The first-order chi connectivity index (χ1) is 12.3. The Kier molecular flexibility index (Phi) is 5.11. The van der Waals surface area contributed by atoms with Gasteiger partial charge in [-0.2, -0.15) is 9.52 Å². The summed E-state index contributed by atoms with van der Waals surface area (Å²) in [4.78, 5) is 0. The first kappa shape index (κ1) is 18.5. The van der Waals surface area contributed by atoms with E-state index in [4.69, 9.17) is 21.1 Å². The molecular weight excluding hydrogens is 376 g/mol. The van der Waals surface area contributed by atoms with Gasteiger partial charge in [0.05, 0.1) is 32.2 Å². The van der Waals surface area contributed by atoms with E-state index in [0.717, 1.165) is 16.2 Å². The average molecular weight is 395 g/mol. The lowest BCUT2D eigenvalue weighted by atomic mass is 9.98. The quantitative estimate of drug-likeness (QED) is 0.778. The highest BCUT2D eigenvalue weighted by atomic mass is 35.5. The molecule has 0 amide bonds. The normalized spacial score (nSPS) is 17.2. The molecular formula is C18H19ClN2O4S. The Labute approximate surface area is 158 Å². The van der Waals surface area contributed by atoms with Crippen molar-refractivity contribution >= 4 is 27.3 Å². The molecule has 138 valence electrons. The van der Waals surface area contributed by atoms with Gasteiger partial charge in [-0.3, -0.25) is 0 Å². The lowest BCUT2D eigenvalue weighted by molar-refractivity contribution is 0.375. The zero-order chi connectivity index (χ0) is 18.9. The van der Waals surface area contributed by atoms with Crippen molar-refractivity contribution in [2.24, 2.45) is 5.10 Å². The molecule has 0 aromatic heterocycles. The van der Waals surface area contributed by atoms with Crippen molar-refractivity contribution in [2.75, 3.05) is 20.5 Å². The van der Waals surface area contributed by atoms with Gasteiger partial charge in [-0.15, -0.1) is 0 Å². The van der Waals surface area contributed by atoms with Crippen LogP contribution >= 0.6 is 11.6 Å². The minimum absolute atomic E-state index is 0.388. The Morgan fingerprint density at radius 3 is 2.50 bits per heavy atom. The van der Waals surface area contributed by atoms with E-state index in [-0.39, 0.29) is 0 Å². The van der Waals surface area contributed by atoms with Crippen molar-refractivity contribution < 1.29 is 17.9 Å². The van der Waals surface area contributed by atoms with Crippen LogP contribution in [0.25, 0.3) is 0 Å². The van der Waals surface area contributed by atoms with Gasteiger partial charge in [0.15, 0.2) is 0 Å². The van der Waals surface area contributed by atoms with Crippen molar-refractivity contribution in [1.82, 2.24) is 4.41 Å². The Morgan fingerprint density at radius 2 is 1.88 bits per heavy atom. The molecule has 0 spiro atoms. The van der Waals surface area contributed by atoms with Crippen LogP contribution in [0.1, 0.15) is 23.6 Å². The van der Waals surface area contributed by atoms with Crippen LogP contribution < -0.4 is 9.47 Å². The Balaban J connectivity index is 2.07. The maximum atomic E-state index is 12.3. The molecule has 0 radical (unpaired) electrons. The fraction of sp³-hybridized carbons (Fsp3) is 0.278. The molecule has 26 heavy (non-hydrogen) atoms. The second-order valence-electron chi connectivity index (χ2n) is 5.89. The van der Waals surface area contributed by atoms with Gasteiger partial charge in [-0.1, -0.05) is 29.8 Å². The summed E-state index contributed by atoms with van der Waals surface area (Å²) in [5.74, 6) is 1.21. The monoisotopic (exact) mass is 394 g/mol. The van der Waals surface area contributed by atoms with Gasteiger partial charge < -0.3 is 9.47 Å². The second-order valence-corrected chi connectivity index (χ2v) is 8.14. The molecule has 0 aliphatic carbocycles. The van der Waals surface area contributed by atoms with E-state index in [0.29, 0.717) is 34.2 Å². The first-order valence-corrected chi connectivity index (χ1v) is 10.1. The van der Waals surface area contributed by atoms with Crippen LogP contribution in [0.15, 0.2) is 47.6 Å². The number of hydrogen-bond donors (Lipinski definition) is 0. The van der Waals surface area contributed by atoms with E-state index in [2.05, 4.69) is 5.10 Å². The van der Waals surface area contributed by atoms with Crippen LogP contribution in [-0.4, -0.2) is 39.0 Å². The standard InChI is InChI=1S/C18H19ClN2O4S/c1-24-12-8-9-14(18(10-12)25-2)16-11-17(21(20-16)26(3,22)23)13-6-4-5-7-15(13)19/h4-10,17H,11H2,1-3H3/t17-/m1/s1. The van der Waals surface area contributed by atoms with E-state index >= 15 is 0 Å². The minimum atomic E-state index is -3.57. The number of rotatable bonds is 5. The number of ether oxygens (including phenoxy) is 2. The van der Waals surface area contributed by atoms with Crippen molar-refractivity contribution in [1.29, 1.82) is 0 Å². The van der Waals surface area contributed by atoms with E-state index in [1.165, 1.54) is 0 Å². The number of halogens is 1. The maximum absolute atomic E-state index is 12.3. The van der Waals surface area contributed by atoms with Crippen LogP contribution in [0.2, 0.25) is 5.02 Å². The van der Waals surface area contributed by atoms with Crippen LogP contribution in [0.4, 0.5) is 0 Å². The third-order valence-electron chi connectivity index (χ3n) is 4.20. The molecule has 2 aromatic rings. The Morgan fingerprint density at radius 1 is 1.15 bits per heavy atom. The number of methoxy groups -OCH3 is 2. The van der Waals surface area contributed by atoms with E-state index in [1.807, 2.05) is 18.2 Å². The van der Waals surface area contributed by atoms with Gasteiger partial charge in [-0.25, -0.2) is 8.42 Å². The molecule has 2 aromatic carbocycles. The SMILES string of the molecule is COc1ccc(C2=NN(S(C)(=O)=O)[C@@H](c3ccccc3Cl)C2)c(OC)c1. The minimum Gasteiger partial charge on any atom is -0.497 e. The average Bonchev–Trinajstić information content (AvgIpc) is 3.06. The lowest BCUT2D eigenvalue weighted by Gasteiger charge is -2.22. The van der Waals surface area contributed by atoms with Crippen LogP contribution in [-0.2, 0) is 10.0 Å². The summed E-state index contributed by atoms with van der Waals surface area (Å²) in [6.45, 7) is 0. The number of hydrazone groups is 1. The van der Waals surface area contributed by atoms with Gasteiger partial charge in [-0.05, 0) is 23.8 Å². The Bertz CT molecular complexity index is 959.